The number of hydrogen-bond donors (Lipinski definition) is 1. The summed E-state index contributed by atoms with van der Waals surface area (Å²) in [6, 6.07) is 7.41. The van der Waals surface area contributed by atoms with Crippen molar-refractivity contribution in [1.82, 2.24) is 20.0 Å². The SMILES string of the molecule is COc1ccc(-c2noc(CCC(=O)Nc3nc(CN4CCCCC4)cs3)n2)cc1. The molecule has 1 fully saturated rings. The summed E-state index contributed by atoms with van der Waals surface area (Å²) < 4.78 is 10.4. The van der Waals surface area contributed by atoms with Crippen LogP contribution in [-0.4, -0.2) is 46.1 Å². The van der Waals surface area contributed by atoms with Crippen molar-refractivity contribution in [3.8, 4) is 17.1 Å². The molecule has 158 valence electrons. The second-order valence-corrected chi connectivity index (χ2v) is 8.13. The van der Waals surface area contributed by atoms with Crippen molar-refractivity contribution < 1.29 is 14.1 Å². The van der Waals surface area contributed by atoms with Gasteiger partial charge in [-0.2, -0.15) is 4.98 Å². The number of aryl methyl sites for hydroxylation is 1. The number of anilines is 1. The molecule has 9 heteroatoms. The quantitative estimate of drug-likeness (QED) is 0.585. The maximum Gasteiger partial charge on any atom is 0.227 e. The van der Waals surface area contributed by atoms with Crippen molar-refractivity contribution in [3.63, 3.8) is 0 Å². The Morgan fingerprint density at radius 2 is 2.00 bits per heavy atom. The molecule has 30 heavy (non-hydrogen) atoms. The van der Waals surface area contributed by atoms with Crippen molar-refractivity contribution in [2.24, 2.45) is 0 Å². The number of benzene rings is 1. The highest BCUT2D eigenvalue weighted by atomic mass is 32.1. The fourth-order valence-electron chi connectivity index (χ4n) is 3.40. The molecule has 1 aliphatic heterocycles. The number of nitrogens with zero attached hydrogens (tertiary/aromatic N) is 4. The lowest BCUT2D eigenvalue weighted by molar-refractivity contribution is -0.116. The van der Waals surface area contributed by atoms with Crippen LogP contribution in [0.2, 0.25) is 0 Å². The van der Waals surface area contributed by atoms with Gasteiger partial charge >= 0.3 is 0 Å². The Hall–Kier alpha value is -2.78. The van der Waals surface area contributed by atoms with E-state index in [4.69, 9.17) is 9.26 Å². The zero-order valence-corrected chi connectivity index (χ0v) is 17.8. The number of rotatable bonds is 8. The molecule has 2 aromatic heterocycles. The first-order valence-corrected chi connectivity index (χ1v) is 11.0. The summed E-state index contributed by atoms with van der Waals surface area (Å²) in [5.41, 5.74) is 1.84. The first-order valence-electron chi connectivity index (χ1n) is 10.1. The number of thiazole rings is 1. The van der Waals surface area contributed by atoms with Crippen LogP contribution < -0.4 is 10.1 Å². The normalized spacial score (nSPS) is 14.6. The number of likely N-dealkylation sites (tertiary alicyclic amines) is 1. The minimum atomic E-state index is -0.113. The van der Waals surface area contributed by atoms with Crippen LogP contribution in [0.1, 0.15) is 37.3 Å². The Morgan fingerprint density at radius 1 is 1.20 bits per heavy atom. The van der Waals surface area contributed by atoms with E-state index in [1.165, 1.54) is 30.6 Å². The highest BCUT2D eigenvalue weighted by Gasteiger charge is 2.14. The van der Waals surface area contributed by atoms with Gasteiger partial charge in [0.15, 0.2) is 5.13 Å². The molecule has 1 amide bonds. The summed E-state index contributed by atoms with van der Waals surface area (Å²) in [6.45, 7) is 3.10. The topological polar surface area (TPSA) is 93.4 Å². The molecule has 1 aliphatic rings. The number of nitrogens with one attached hydrogen (secondary N) is 1. The lowest BCUT2D eigenvalue weighted by atomic mass is 10.1. The fraction of sp³-hybridized carbons (Fsp3) is 0.429. The van der Waals surface area contributed by atoms with Crippen molar-refractivity contribution in [3.05, 3.63) is 41.2 Å². The molecular formula is C21H25N5O3S. The van der Waals surface area contributed by atoms with Gasteiger partial charge in [-0.15, -0.1) is 11.3 Å². The first kappa shape index (κ1) is 20.5. The van der Waals surface area contributed by atoms with E-state index in [1.54, 1.807) is 7.11 Å². The summed E-state index contributed by atoms with van der Waals surface area (Å²) >= 11 is 1.46. The third kappa shape index (κ3) is 5.43. The van der Waals surface area contributed by atoms with Crippen LogP contribution in [0.15, 0.2) is 34.2 Å². The number of ether oxygens (including phenoxy) is 1. The van der Waals surface area contributed by atoms with Crippen LogP contribution in [-0.2, 0) is 17.8 Å². The molecule has 8 nitrogen and oxygen atoms in total. The maximum atomic E-state index is 12.3. The van der Waals surface area contributed by atoms with E-state index in [0.29, 0.717) is 23.3 Å². The van der Waals surface area contributed by atoms with E-state index in [0.717, 1.165) is 36.6 Å². The number of carbonyl (C=O) groups is 1. The van der Waals surface area contributed by atoms with E-state index < -0.39 is 0 Å². The zero-order valence-electron chi connectivity index (χ0n) is 17.0. The molecule has 0 spiro atoms. The smallest absolute Gasteiger partial charge is 0.227 e. The highest BCUT2D eigenvalue weighted by molar-refractivity contribution is 7.13. The molecule has 0 radical (unpaired) electrons. The number of methoxy groups -OCH3 is 1. The van der Waals surface area contributed by atoms with Gasteiger partial charge in [0, 0.05) is 30.3 Å². The van der Waals surface area contributed by atoms with Crippen LogP contribution in [0.25, 0.3) is 11.4 Å². The third-order valence-electron chi connectivity index (χ3n) is 5.01. The molecule has 4 rings (SSSR count). The van der Waals surface area contributed by atoms with Gasteiger partial charge in [-0.05, 0) is 50.2 Å². The molecule has 3 aromatic rings. The number of carbonyl (C=O) groups excluding carboxylic acids is 1. The van der Waals surface area contributed by atoms with Crippen LogP contribution in [0.5, 0.6) is 5.75 Å². The molecule has 1 saturated heterocycles. The van der Waals surface area contributed by atoms with E-state index in [9.17, 15) is 4.79 Å². The van der Waals surface area contributed by atoms with Crippen molar-refractivity contribution >= 4 is 22.4 Å². The third-order valence-corrected chi connectivity index (χ3v) is 5.82. The zero-order chi connectivity index (χ0) is 20.8. The average molecular weight is 428 g/mol. The summed E-state index contributed by atoms with van der Waals surface area (Å²) in [4.78, 5) is 23.6. The minimum Gasteiger partial charge on any atom is -0.497 e. The minimum absolute atomic E-state index is 0.113. The molecule has 0 unspecified atom stereocenters. The Balaban J connectivity index is 1.25. The largest absolute Gasteiger partial charge is 0.497 e. The molecule has 0 saturated carbocycles. The predicted molar refractivity (Wildman–Crippen MR) is 114 cm³/mol. The standard InChI is InChI=1S/C21H25N5O3S/c1-28-17-7-5-15(6-8-17)20-24-19(29-25-20)10-9-18(27)23-21-22-16(14-30-21)13-26-11-3-2-4-12-26/h5-8,14H,2-4,9-13H2,1H3,(H,22,23,27). The monoisotopic (exact) mass is 427 g/mol. The second-order valence-electron chi connectivity index (χ2n) is 7.27. The molecule has 3 heterocycles. The van der Waals surface area contributed by atoms with Crippen LogP contribution in [0, 0.1) is 0 Å². The van der Waals surface area contributed by atoms with Crippen molar-refractivity contribution in [2.45, 2.75) is 38.6 Å². The van der Waals surface area contributed by atoms with Gasteiger partial charge < -0.3 is 14.6 Å². The van der Waals surface area contributed by atoms with Crippen molar-refractivity contribution in [2.75, 3.05) is 25.5 Å². The Bertz CT molecular complexity index is 963. The van der Waals surface area contributed by atoms with Crippen LogP contribution >= 0.6 is 11.3 Å². The van der Waals surface area contributed by atoms with E-state index in [1.807, 2.05) is 29.6 Å². The molecule has 0 atom stereocenters. The molecule has 0 bridgehead atoms. The Kier molecular flexibility index (Phi) is 6.70. The summed E-state index contributed by atoms with van der Waals surface area (Å²) in [6.07, 6.45) is 4.45. The van der Waals surface area contributed by atoms with Gasteiger partial charge in [-0.25, -0.2) is 4.98 Å². The van der Waals surface area contributed by atoms with Gasteiger partial charge in [0.2, 0.25) is 17.6 Å². The van der Waals surface area contributed by atoms with Gasteiger partial charge in [-0.1, -0.05) is 11.6 Å². The highest BCUT2D eigenvalue weighted by Crippen LogP contribution is 2.21. The Labute approximate surface area is 179 Å². The summed E-state index contributed by atoms with van der Waals surface area (Å²) in [5.74, 6) is 1.58. The van der Waals surface area contributed by atoms with Crippen LogP contribution in [0.3, 0.4) is 0 Å². The van der Waals surface area contributed by atoms with E-state index in [2.05, 4.69) is 25.3 Å². The summed E-state index contributed by atoms with van der Waals surface area (Å²) in [7, 11) is 1.62. The first-order chi connectivity index (χ1) is 14.7. The molecular weight excluding hydrogens is 402 g/mol. The number of hydrogen-bond acceptors (Lipinski definition) is 8. The van der Waals surface area contributed by atoms with Gasteiger partial charge in [0.1, 0.15) is 5.75 Å². The molecule has 1 N–H and O–H groups in total. The van der Waals surface area contributed by atoms with Gasteiger partial charge in [-0.3, -0.25) is 9.69 Å². The number of amides is 1. The predicted octanol–water partition coefficient (Wildman–Crippen LogP) is 3.76. The maximum absolute atomic E-state index is 12.3. The van der Waals surface area contributed by atoms with Crippen LogP contribution in [0.4, 0.5) is 5.13 Å². The summed E-state index contributed by atoms with van der Waals surface area (Å²) in [5, 5.41) is 9.51. The number of piperidine rings is 1. The Morgan fingerprint density at radius 3 is 2.77 bits per heavy atom. The fourth-order valence-corrected chi connectivity index (χ4v) is 4.12. The lowest BCUT2D eigenvalue weighted by Crippen LogP contribution is -2.29. The average Bonchev–Trinajstić information content (AvgIpc) is 3.43. The lowest BCUT2D eigenvalue weighted by Gasteiger charge is -2.25. The van der Waals surface area contributed by atoms with E-state index >= 15 is 0 Å². The van der Waals surface area contributed by atoms with E-state index in [-0.39, 0.29) is 12.3 Å². The second kappa shape index (κ2) is 9.82. The van der Waals surface area contributed by atoms with Gasteiger partial charge in [0.05, 0.1) is 12.8 Å². The van der Waals surface area contributed by atoms with Gasteiger partial charge in [0.25, 0.3) is 0 Å². The molecule has 0 aliphatic carbocycles. The number of aromatic nitrogens is 3. The van der Waals surface area contributed by atoms with Crippen molar-refractivity contribution in [1.29, 1.82) is 0 Å². The molecule has 1 aromatic carbocycles.